The number of halogens is 1. The summed E-state index contributed by atoms with van der Waals surface area (Å²) in [5.41, 5.74) is 2.96. The van der Waals surface area contributed by atoms with Crippen LogP contribution in [-0.2, 0) is 0 Å². The predicted octanol–water partition coefficient (Wildman–Crippen LogP) is 4.94. The molecule has 2 aromatic carbocycles. The Kier molecular flexibility index (Phi) is 6.32. The maximum atomic E-state index is 14.1. The largest absolute Gasteiger partial charge is 0.505 e. The van der Waals surface area contributed by atoms with Gasteiger partial charge < -0.3 is 30.8 Å². The van der Waals surface area contributed by atoms with Crippen molar-refractivity contribution in [3.63, 3.8) is 0 Å². The maximum Gasteiger partial charge on any atom is 0.251 e. The summed E-state index contributed by atoms with van der Waals surface area (Å²) in [7, 11) is 3.10. The molecule has 0 saturated heterocycles. The summed E-state index contributed by atoms with van der Waals surface area (Å²) in [5.74, 6) is 0.113. The zero-order valence-corrected chi connectivity index (χ0v) is 20.0. The number of carbonyl (C=O) groups excluding carboxylic acids is 1. The fraction of sp³-hybridized carbons (Fsp3) is 0.269. The predicted molar refractivity (Wildman–Crippen MR) is 136 cm³/mol. The van der Waals surface area contributed by atoms with Crippen LogP contribution in [0, 0.1) is 5.82 Å². The lowest BCUT2D eigenvalue weighted by Gasteiger charge is -2.16. The number of aromatic hydroxyl groups is 1. The fourth-order valence-electron chi connectivity index (χ4n) is 4.56. The van der Waals surface area contributed by atoms with Gasteiger partial charge in [-0.25, -0.2) is 4.39 Å². The summed E-state index contributed by atoms with van der Waals surface area (Å²) in [4.78, 5) is 24.6. The SMILES string of the molecule is CNC(=O)c1ccc(Nc2nc(NC3CCCC3)c3c(-c4ccc(O)c(F)c4)c[nH]c3n2)c(OC)c1. The first-order chi connectivity index (χ1) is 17.5. The molecule has 0 aliphatic heterocycles. The monoisotopic (exact) mass is 490 g/mol. The number of hydrogen-bond donors (Lipinski definition) is 5. The van der Waals surface area contributed by atoms with Crippen LogP contribution in [0.1, 0.15) is 36.0 Å². The average Bonchev–Trinajstić information content (AvgIpc) is 3.55. The molecular weight excluding hydrogens is 463 g/mol. The lowest BCUT2D eigenvalue weighted by molar-refractivity contribution is 0.0962. The van der Waals surface area contributed by atoms with Crippen LogP contribution in [-0.4, -0.2) is 46.2 Å². The fourth-order valence-corrected chi connectivity index (χ4v) is 4.56. The van der Waals surface area contributed by atoms with E-state index >= 15 is 0 Å². The van der Waals surface area contributed by atoms with Crippen molar-refractivity contribution in [3.8, 4) is 22.6 Å². The smallest absolute Gasteiger partial charge is 0.251 e. The molecule has 5 N–H and O–H groups in total. The van der Waals surface area contributed by atoms with Gasteiger partial charge >= 0.3 is 0 Å². The molecule has 0 unspecified atom stereocenters. The highest BCUT2D eigenvalue weighted by atomic mass is 19.1. The Hall–Kier alpha value is -4.34. The minimum Gasteiger partial charge on any atom is -0.505 e. The number of phenolic OH excluding ortho intramolecular Hbond substituents is 1. The number of rotatable bonds is 7. The number of phenols is 1. The third kappa shape index (κ3) is 4.49. The van der Waals surface area contributed by atoms with Gasteiger partial charge in [0.1, 0.15) is 17.2 Å². The molecule has 0 atom stereocenters. The first kappa shape index (κ1) is 23.4. The Morgan fingerprint density at radius 1 is 1.17 bits per heavy atom. The van der Waals surface area contributed by atoms with Crippen LogP contribution in [0.15, 0.2) is 42.6 Å². The lowest BCUT2D eigenvalue weighted by Crippen LogP contribution is -2.18. The number of ether oxygens (including phenoxy) is 1. The van der Waals surface area contributed by atoms with Crippen LogP contribution in [0.3, 0.4) is 0 Å². The van der Waals surface area contributed by atoms with Gasteiger partial charge in [-0.1, -0.05) is 18.9 Å². The Morgan fingerprint density at radius 2 is 1.97 bits per heavy atom. The molecular formula is C26H27FN6O3. The molecule has 5 rings (SSSR count). The lowest BCUT2D eigenvalue weighted by atomic mass is 10.1. The molecule has 10 heteroatoms. The molecule has 36 heavy (non-hydrogen) atoms. The van der Waals surface area contributed by atoms with E-state index in [9.17, 15) is 14.3 Å². The Bertz CT molecular complexity index is 1430. The number of methoxy groups -OCH3 is 1. The van der Waals surface area contributed by atoms with Crippen molar-refractivity contribution in [2.75, 3.05) is 24.8 Å². The van der Waals surface area contributed by atoms with Gasteiger partial charge in [0.25, 0.3) is 5.91 Å². The molecule has 2 heterocycles. The van der Waals surface area contributed by atoms with E-state index in [1.165, 1.54) is 19.2 Å². The Labute approximate surface area is 207 Å². The van der Waals surface area contributed by atoms with Crippen LogP contribution < -0.4 is 20.7 Å². The highest BCUT2D eigenvalue weighted by Crippen LogP contribution is 2.37. The topological polar surface area (TPSA) is 124 Å². The van der Waals surface area contributed by atoms with Crippen LogP contribution in [0.4, 0.5) is 21.8 Å². The normalized spacial score (nSPS) is 13.6. The number of H-pyrrole nitrogens is 1. The van der Waals surface area contributed by atoms with Gasteiger partial charge in [-0.3, -0.25) is 4.79 Å². The molecule has 1 aliphatic rings. The Balaban J connectivity index is 1.57. The molecule has 9 nitrogen and oxygen atoms in total. The quantitative estimate of drug-likeness (QED) is 0.249. The number of aromatic nitrogens is 3. The summed E-state index contributed by atoms with van der Waals surface area (Å²) in [5, 5.41) is 19.7. The van der Waals surface area contributed by atoms with Gasteiger partial charge in [0.05, 0.1) is 18.2 Å². The second-order valence-electron chi connectivity index (χ2n) is 8.73. The van der Waals surface area contributed by atoms with Gasteiger partial charge in [-0.2, -0.15) is 9.97 Å². The van der Waals surface area contributed by atoms with E-state index in [2.05, 4.69) is 25.9 Å². The van der Waals surface area contributed by atoms with Gasteiger partial charge in [0.15, 0.2) is 11.6 Å². The molecule has 1 fully saturated rings. The molecule has 1 aliphatic carbocycles. The summed E-state index contributed by atoms with van der Waals surface area (Å²) in [6.45, 7) is 0. The number of benzene rings is 2. The number of amides is 1. The number of hydrogen-bond acceptors (Lipinski definition) is 7. The van der Waals surface area contributed by atoms with Gasteiger partial charge in [0.2, 0.25) is 5.95 Å². The van der Waals surface area contributed by atoms with Crippen molar-refractivity contribution in [1.82, 2.24) is 20.3 Å². The standard InChI is InChI=1S/C26H27FN6O3/c1-28-25(35)15-7-9-19(21(12-15)36-2)31-26-32-23-22(24(33-26)30-16-5-3-4-6-16)17(13-29-23)14-8-10-20(34)18(27)11-14/h7-13,16,34H,3-6H2,1-2H3,(H,28,35)(H3,29,30,31,32,33). The van der Waals surface area contributed by atoms with Gasteiger partial charge in [-0.05, 0) is 48.7 Å². The zero-order chi connectivity index (χ0) is 25.2. The highest BCUT2D eigenvalue weighted by molar-refractivity contribution is 6.02. The minimum absolute atomic E-state index is 0.217. The molecule has 186 valence electrons. The zero-order valence-electron chi connectivity index (χ0n) is 20.0. The summed E-state index contributed by atoms with van der Waals surface area (Å²) in [6.07, 6.45) is 6.13. The van der Waals surface area contributed by atoms with E-state index in [0.717, 1.165) is 36.6 Å². The van der Waals surface area contributed by atoms with E-state index in [1.807, 2.05) is 0 Å². The molecule has 0 spiro atoms. The van der Waals surface area contributed by atoms with Crippen molar-refractivity contribution in [1.29, 1.82) is 0 Å². The molecule has 4 aromatic rings. The van der Waals surface area contributed by atoms with Crippen LogP contribution in [0.2, 0.25) is 0 Å². The number of aromatic amines is 1. The van der Waals surface area contributed by atoms with Crippen molar-refractivity contribution < 1.29 is 19.0 Å². The molecule has 1 saturated carbocycles. The van der Waals surface area contributed by atoms with E-state index in [4.69, 9.17) is 9.72 Å². The molecule has 2 aromatic heterocycles. The Morgan fingerprint density at radius 3 is 2.69 bits per heavy atom. The van der Waals surface area contributed by atoms with Crippen LogP contribution in [0.25, 0.3) is 22.2 Å². The number of anilines is 3. The molecule has 1 amide bonds. The van der Waals surface area contributed by atoms with Crippen molar-refractivity contribution in [3.05, 3.63) is 54.0 Å². The summed E-state index contributed by atoms with van der Waals surface area (Å²) >= 11 is 0. The van der Waals surface area contributed by atoms with E-state index < -0.39 is 11.6 Å². The highest BCUT2D eigenvalue weighted by Gasteiger charge is 2.21. The summed E-state index contributed by atoms with van der Waals surface area (Å²) in [6, 6.07) is 9.62. The van der Waals surface area contributed by atoms with E-state index in [-0.39, 0.29) is 11.9 Å². The van der Waals surface area contributed by atoms with Crippen LogP contribution in [0.5, 0.6) is 11.5 Å². The van der Waals surface area contributed by atoms with Crippen molar-refractivity contribution in [2.45, 2.75) is 31.7 Å². The van der Waals surface area contributed by atoms with Crippen molar-refractivity contribution >= 4 is 34.4 Å². The van der Waals surface area contributed by atoms with Gasteiger partial charge in [0, 0.05) is 30.4 Å². The van der Waals surface area contributed by atoms with Gasteiger partial charge in [-0.15, -0.1) is 0 Å². The first-order valence-corrected chi connectivity index (χ1v) is 11.8. The minimum atomic E-state index is -0.696. The molecule has 0 radical (unpaired) electrons. The second-order valence-corrected chi connectivity index (χ2v) is 8.73. The molecule has 0 bridgehead atoms. The number of fused-ring (bicyclic) bond motifs is 1. The van der Waals surface area contributed by atoms with E-state index in [0.29, 0.717) is 40.0 Å². The van der Waals surface area contributed by atoms with E-state index in [1.54, 1.807) is 37.5 Å². The van der Waals surface area contributed by atoms with Crippen LogP contribution >= 0.6 is 0 Å². The maximum absolute atomic E-state index is 14.1. The van der Waals surface area contributed by atoms with Crippen molar-refractivity contribution in [2.24, 2.45) is 0 Å². The third-order valence-electron chi connectivity index (χ3n) is 6.42. The summed E-state index contributed by atoms with van der Waals surface area (Å²) < 4.78 is 19.6. The third-order valence-corrected chi connectivity index (χ3v) is 6.42. The first-order valence-electron chi connectivity index (χ1n) is 11.8. The number of carbonyl (C=O) groups is 1. The second kappa shape index (κ2) is 9.73. The average molecular weight is 491 g/mol. The number of nitrogens with zero attached hydrogens (tertiary/aromatic N) is 2. The number of nitrogens with one attached hydrogen (secondary N) is 4.